The van der Waals surface area contributed by atoms with Crippen molar-refractivity contribution in [3.05, 3.63) is 192 Å². The molecule has 2 aromatic heterocycles. The minimum atomic E-state index is -4.89. The third kappa shape index (κ3) is 6.32. The highest BCUT2D eigenvalue weighted by molar-refractivity contribution is 6.13. The number of para-hydroxylation sites is 2. The molecule has 0 unspecified atom stereocenters. The van der Waals surface area contributed by atoms with Gasteiger partial charge in [-0.2, -0.15) is 36.9 Å². The second-order valence-electron chi connectivity index (χ2n) is 15.0. The molecule has 10 rings (SSSR count). The molecule has 62 heavy (non-hydrogen) atoms. The van der Waals surface area contributed by atoms with Gasteiger partial charge in [-0.15, -0.1) is 0 Å². The number of alkyl halides is 6. The highest BCUT2D eigenvalue weighted by Gasteiger charge is 2.35. The van der Waals surface area contributed by atoms with Crippen LogP contribution in [0.1, 0.15) is 22.3 Å². The van der Waals surface area contributed by atoms with Crippen LogP contribution >= 0.6 is 0 Å². The summed E-state index contributed by atoms with van der Waals surface area (Å²) < 4.78 is 93.8. The van der Waals surface area contributed by atoms with Crippen LogP contribution in [0, 0.1) is 22.7 Å². The summed E-state index contributed by atoms with van der Waals surface area (Å²) in [5.74, 6) is 0. The molecule has 0 atom stereocenters. The summed E-state index contributed by atoms with van der Waals surface area (Å²) in [4.78, 5) is 0. The third-order valence-corrected chi connectivity index (χ3v) is 11.4. The molecule has 2 heterocycles. The fraction of sp³-hybridized carbons (Fsp3) is 0.0385. The van der Waals surface area contributed by atoms with Gasteiger partial charge in [0.05, 0.1) is 67.8 Å². The second-order valence-corrected chi connectivity index (χ2v) is 15.0. The highest BCUT2D eigenvalue weighted by atomic mass is 19.4. The number of rotatable bonds is 5. The summed E-state index contributed by atoms with van der Waals surface area (Å²) in [7, 11) is 0. The number of hydrogen-bond donors (Lipinski definition) is 0. The maximum atomic E-state index is 15.5. The first-order valence-corrected chi connectivity index (χ1v) is 19.4. The number of benzene rings is 8. The van der Waals surface area contributed by atoms with Gasteiger partial charge in [-0.25, -0.2) is 0 Å². The molecule has 0 bridgehead atoms. The first-order chi connectivity index (χ1) is 29.9. The second kappa shape index (κ2) is 14.3. The van der Waals surface area contributed by atoms with Gasteiger partial charge < -0.3 is 9.13 Å². The summed E-state index contributed by atoms with van der Waals surface area (Å²) in [5, 5.41) is 22.2. The number of hydrogen-bond acceptors (Lipinski definition) is 2. The van der Waals surface area contributed by atoms with Crippen LogP contribution in [0.2, 0.25) is 0 Å². The Morgan fingerprint density at radius 2 is 0.774 bits per heavy atom. The van der Waals surface area contributed by atoms with E-state index in [2.05, 4.69) is 12.1 Å². The number of nitrogens with zero attached hydrogens (tertiary/aromatic N) is 4. The van der Waals surface area contributed by atoms with Gasteiger partial charge in [-0.1, -0.05) is 97.1 Å². The van der Waals surface area contributed by atoms with Gasteiger partial charge >= 0.3 is 12.4 Å². The molecular formula is C52H28F6N4. The lowest BCUT2D eigenvalue weighted by atomic mass is 9.96. The topological polar surface area (TPSA) is 57.4 Å². The van der Waals surface area contributed by atoms with Gasteiger partial charge in [0.15, 0.2) is 0 Å². The van der Waals surface area contributed by atoms with Crippen LogP contribution in [0.5, 0.6) is 0 Å². The van der Waals surface area contributed by atoms with Crippen LogP contribution in [0.4, 0.5) is 26.3 Å². The molecule has 0 fully saturated rings. The monoisotopic (exact) mass is 822 g/mol. The minimum Gasteiger partial charge on any atom is -0.309 e. The van der Waals surface area contributed by atoms with Crippen molar-refractivity contribution in [3.8, 4) is 56.9 Å². The Morgan fingerprint density at radius 1 is 0.355 bits per heavy atom. The Morgan fingerprint density at radius 3 is 1.24 bits per heavy atom. The van der Waals surface area contributed by atoms with E-state index in [1.54, 1.807) is 69.8 Å². The van der Waals surface area contributed by atoms with E-state index in [4.69, 9.17) is 0 Å². The van der Waals surface area contributed by atoms with Crippen LogP contribution in [0.25, 0.3) is 88.4 Å². The third-order valence-electron chi connectivity index (χ3n) is 11.4. The van der Waals surface area contributed by atoms with E-state index in [9.17, 15) is 23.7 Å². The van der Waals surface area contributed by atoms with E-state index in [1.807, 2.05) is 72.8 Å². The smallest absolute Gasteiger partial charge is 0.309 e. The van der Waals surface area contributed by atoms with E-state index < -0.39 is 23.5 Å². The summed E-state index contributed by atoms with van der Waals surface area (Å²) in [5.41, 5.74) is 3.90. The standard InChI is InChI=1S/C52H28F6N4/c53-51(54,55)38-13-7-12-37(24-38)50-48(61-44-16-3-1-14-40(44)42-20-18-35(25-46(42)61)33-10-5-8-31(22-33)29-59)27-39(52(56,57)58)28-49(50)62-45-17-4-2-15-41(45)43-21-19-36(26-47(43)62)34-11-6-9-32(23-34)30-60/h1-28H. The largest absolute Gasteiger partial charge is 0.416 e. The van der Waals surface area contributed by atoms with Crippen molar-refractivity contribution in [2.75, 3.05) is 0 Å². The Kier molecular flexibility index (Phi) is 8.79. The number of halogens is 6. The lowest BCUT2D eigenvalue weighted by molar-refractivity contribution is -0.138. The Labute approximate surface area is 350 Å². The Bertz CT molecular complexity index is 3340. The summed E-state index contributed by atoms with van der Waals surface area (Å²) in [6.45, 7) is 0. The number of fused-ring (bicyclic) bond motifs is 6. The van der Waals surface area contributed by atoms with Crippen molar-refractivity contribution in [2.24, 2.45) is 0 Å². The van der Waals surface area contributed by atoms with Gasteiger partial charge in [0.1, 0.15) is 0 Å². The lowest BCUT2D eigenvalue weighted by Gasteiger charge is -2.23. The summed E-state index contributed by atoms with van der Waals surface area (Å²) in [6.07, 6.45) is -9.65. The fourth-order valence-corrected chi connectivity index (χ4v) is 8.63. The molecule has 0 aliphatic heterocycles. The van der Waals surface area contributed by atoms with Crippen molar-refractivity contribution >= 4 is 43.6 Å². The van der Waals surface area contributed by atoms with Crippen molar-refractivity contribution in [2.45, 2.75) is 12.4 Å². The lowest BCUT2D eigenvalue weighted by Crippen LogP contribution is -2.11. The first-order valence-electron chi connectivity index (χ1n) is 19.4. The first kappa shape index (κ1) is 38.1. The molecule has 0 aliphatic rings. The molecule has 0 radical (unpaired) electrons. The average molecular weight is 823 g/mol. The molecule has 0 aliphatic carbocycles. The van der Waals surface area contributed by atoms with E-state index in [0.717, 1.165) is 35.0 Å². The predicted molar refractivity (Wildman–Crippen MR) is 231 cm³/mol. The van der Waals surface area contributed by atoms with Crippen LogP contribution in [-0.4, -0.2) is 9.13 Å². The molecule has 0 N–H and O–H groups in total. The quantitative estimate of drug-likeness (QED) is 0.162. The van der Waals surface area contributed by atoms with Crippen LogP contribution < -0.4 is 0 Å². The molecule has 0 saturated heterocycles. The van der Waals surface area contributed by atoms with E-state index >= 15 is 13.2 Å². The molecule has 0 spiro atoms. The van der Waals surface area contributed by atoms with Crippen LogP contribution in [-0.2, 0) is 12.4 Å². The number of aromatic nitrogens is 2. The summed E-state index contributed by atoms with van der Waals surface area (Å²) in [6, 6.07) is 50.6. The molecule has 0 amide bonds. The van der Waals surface area contributed by atoms with Crippen molar-refractivity contribution < 1.29 is 26.3 Å². The van der Waals surface area contributed by atoms with E-state index in [0.29, 0.717) is 66.2 Å². The molecule has 0 saturated carbocycles. The molecule has 10 heteroatoms. The zero-order valence-corrected chi connectivity index (χ0v) is 32.2. The molecule has 8 aromatic carbocycles. The van der Waals surface area contributed by atoms with Crippen molar-refractivity contribution in [1.29, 1.82) is 10.5 Å². The Hall–Kier alpha value is -8.08. The van der Waals surface area contributed by atoms with Crippen molar-refractivity contribution in [1.82, 2.24) is 9.13 Å². The Balaban J connectivity index is 1.39. The SMILES string of the molecule is N#Cc1cccc(-c2ccc3c4ccccc4n(-c4cc(C(F)(F)F)cc(-n5c6ccccc6c6ccc(-c7cccc(C#N)c7)cc65)c4-c4cccc(C(F)(F)F)c4)c3c2)c1. The van der Waals surface area contributed by atoms with Crippen LogP contribution in [0.3, 0.4) is 0 Å². The molecular weight excluding hydrogens is 795 g/mol. The van der Waals surface area contributed by atoms with E-state index in [1.165, 1.54) is 12.1 Å². The molecule has 10 aromatic rings. The highest BCUT2D eigenvalue weighted by Crippen LogP contribution is 2.47. The zero-order chi connectivity index (χ0) is 42.9. The van der Waals surface area contributed by atoms with Crippen LogP contribution in [0.15, 0.2) is 170 Å². The van der Waals surface area contributed by atoms with Crippen molar-refractivity contribution in [3.63, 3.8) is 0 Å². The summed E-state index contributed by atoms with van der Waals surface area (Å²) >= 11 is 0. The van der Waals surface area contributed by atoms with Gasteiger partial charge in [-0.05, 0) is 101 Å². The maximum absolute atomic E-state index is 15.5. The average Bonchev–Trinajstić information content (AvgIpc) is 3.80. The predicted octanol–water partition coefficient (Wildman–Crippen LogP) is 14.7. The zero-order valence-electron chi connectivity index (χ0n) is 32.2. The van der Waals surface area contributed by atoms with Gasteiger partial charge in [0.25, 0.3) is 0 Å². The normalized spacial score (nSPS) is 12.0. The van der Waals surface area contributed by atoms with Gasteiger partial charge in [0, 0.05) is 27.1 Å². The van der Waals surface area contributed by atoms with Gasteiger partial charge in [0.2, 0.25) is 0 Å². The minimum absolute atomic E-state index is 0.00656. The maximum Gasteiger partial charge on any atom is 0.416 e. The molecule has 4 nitrogen and oxygen atoms in total. The fourth-order valence-electron chi connectivity index (χ4n) is 8.63. The van der Waals surface area contributed by atoms with Gasteiger partial charge in [-0.3, -0.25) is 0 Å². The number of nitriles is 2. The van der Waals surface area contributed by atoms with E-state index in [-0.39, 0.29) is 22.5 Å². The molecule has 298 valence electrons.